The molecule has 0 spiro atoms. The molecule has 0 aliphatic rings. The Kier molecular flexibility index (Phi) is 5.21. The second kappa shape index (κ2) is 5.72. The van der Waals surface area contributed by atoms with Gasteiger partial charge in [-0.15, -0.1) is 0 Å². The smallest absolute Gasteiger partial charge is 0.197 e. The normalized spacial score (nSPS) is 15.2. The van der Waals surface area contributed by atoms with Gasteiger partial charge in [0, 0.05) is 0 Å². The fourth-order valence-corrected chi connectivity index (χ4v) is 0.935. The van der Waals surface area contributed by atoms with Gasteiger partial charge in [0.2, 0.25) is 0 Å². The van der Waals surface area contributed by atoms with Crippen molar-refractivity contribution in [3.63, 3.8) is 0 Å². The molecule has 0 aromatic rings. The minimum absolute atomic E-state index is 0.589. The quantitative estimate of drug-likeness (QED) is 0.667. The second-order valence-electron chi connectivity index (χ2n) is 4.21. The summed E-state index contributed by atoms with van der Waals surface area (Å²) < 4.78 is 37.6. The summed E-state index contributed by atoms with van der Waals surface area (Å²) in [5.74, 6) is 0. The lowest BCUT2D eigenvalue weighted by atomic mass is 9.86. The summed E-state index contributed by atoms with van der Waals surface area (Å²) in [6.45, 7) is 6.49. The SMILES string of the molecule is C\C=C/C(=C\C=C(/C)C(C)(C)C#N)C(F)(F)F. The van der Waals surface area contributed by atoms with E-state index in [1.807, 2.05) is 6.07 Å². The Balaban J connectivity index is 5.28. The third-order valence-electron chi connectivity index (χ3n) is 2.45. The molecule has 0 unspecified atom stereocenters. The first-order valence-corrected chi connectivity index (χ1v) is 5.15. The van der Waals surface area contributed by atoms with Gasteiger partial charge in [0.05, 0.1) is 17.1 Å². The van der Waals surface area contributed by atoms with Crippen molar-refractivity contribution in [2.24, 2.45) is 5.41 Å². The summed E-state index contributed by atoms with van der Waals surface area (Å²) in [5.41, 5.74) is -0.900. The predicted molar refractivity (Wildman–Crippen MR) is 62.1 cm³/mol. The van der Waals surface area contributed by atoms with E-state index in [0.29, 0.717) is 5.57 Å². The van der Waals surface area contributed by atoms with Gasteiger partial charge in [0.1, 0.15) is 0 Å². The molecular weight excluding hydrogens is 227 g/mol. The summed E-state index contributed by atoms with van der Waals surface area (Å²) in [6, 6.07) is 2.04. The van der Waals surface area contributed by atoms with Crippen molar-refractivity contribution in [3.05, 3.63) is 35.5 Å². The topological polar surface area (TPSA) is 23.8 Å². The zero-order chi connectivity index (χ0) is 13.7. The minimum Gasteiger partial charge on any atom is -0.197 e. The van der Waals surface area contributed by atoms with Gasteiger partial charge >= 0.3 is 6.18 Å². The zero-order valence-corrected chi connectivity index (χ0v) is 10.4. The van der Waals surface area contributed by atoms with E-state index < -0.39 is 17.2 Å². The van der Waals surface area contributed by atoms with Crippen molar-refractivity contribution in [1.29, 1.82) is 5.26 Å². The molecule has 0 bridgehead atoms. The molecule has 0 saturated carbocycles. The summed E-state index contributed by atoms with van der Waals surface area (Å²) in [6.07, 6.45) is 0.293. The standard InChI is InChI=1S/C13H16F3N/c1-5-6-11(13(14,15)16)8-7-10(2)12(3,4)9-17/h5-8H,1-4H3/b6-5-,10-7+,11-8+. The van der Waals surface area contributed by atoms with Crippen LogP contribution < -0.4 is 0 Å². The molecule has 0 heterocycles. The summed E-state index contributed by atoms with van der Waals surface area (Å²) in [5, 5.41) is 8.85. The number of allylic oxidation sites excluding steroid dienone is 6. The van der Waals surface area contributed by atoms with Gasteiger partial charge in [-0.05, 0) is 27.7 Å². The van der Waals surface area contributed by atoms with E-state index in [2.05, 4.69) is 0 Å². The Morgan fingerprint density at radius 1 is 1.18 bits per heavy atom. The van der Waals surface area contributed by atoms with E-state index in [-0.39, 0.29) is 0 Å². The fourth-order valence-electron chi connectivity index (χ4n) is 0.935. The first-order chi connectivity index (χ1) is 7.65. The molecule has 0 aliphatic heterocycles. The molecule has 17 heavy (non-hydrogen) atoms. The van der Waals surface area contributed by atoms with Gasteiger partial charge in [-0.25, -0.2) is 0 Å². The van der Waals surface area contributed by atoms with Crippen molar-refractivity contribution in [2.45, 2.75) is 33.9 Å². The maximum Gasteiger partial charge on any atom is 0.416 e. The highest BCUT2D eigenvalue weighted by Gasteiger charge is 2.31. The molecule has 0 aliphatic carbocycles. The Hall–Kier alpha value is -1.50. The van der Waals surface area contributed by atoms with E-state index >= 15 is 0 Å². The predicted octanol–water partition coefficient (Wildman–Crippen LogP) is 4.55. The molecule has 0 N–H and O–H groups in total. The third kappa shape index (κ3) is 4.90. The Labute approximate surface area is 99.9 Å². The highest BCUT2D eigenvalue weighted by molar-refractivity contribution is 5.31. The average molecular weight is 243 g/mol. The maximum absolute atomic E-state index is 12.5. The highest BCUT2D eigenvalue weighted by atomic mass is 19.4. The number of rotatable bonds is 3. The van der Waals surface area contributed by atoms with Gasteiger partial charge in [-0.2, -0.15) is 18.4 Å². The van der Waals surface area contributed by atoms with Crippen molar-refractivity contribution >= 4 is 0 Å². The zero-order valence-electron chi connectivity index (χ0n) is 10.4. The Morgan fingerprint density at radius 3 is 2.06 bits per heavy atom. The lowest BCUT2D eigenvalue weighted by molar-refractivity contribution is -0.0881. The maximum atomic E-state index is 12.5. The molecule has 0 fully saturated rings. The lowest BCUT2D eigenvalue weighted by Gasteiger charge is -2.15. The number of hydrogen-bond donors (Lipinski definition) is 0. The molecule has 0 rings (SSSR count). The van der Waals surface area contributed by atoms with Crippen molar-refractivity contribution in [2.75, 3.05) is 0 Å². The molecule has 0 amide bonds. The number of nitrogens with zero attached hydrogens (tertiary/aromatic N) is 1. The van der Waals surface area contributed by atoms with E-state index in [9.17, 15) is 13.2 Å². The van der Waals surface area contributed by atoms with Crippen LogP contribution in [0.5, 0.6) is 0 Å². The van der Waals surface area contributed by atoms with Gasteiger partial charge in [0.25, 0.3) is 0 Å². The number of halogens is 3. The van der Waals surface area contributed by atoms with Crippen LogP contribution in [0.15, 0.2) is 35.5 Å². The van der Waals surface area contributed by atoms with Crippen molar-refractivity contribution in [1.82, 2.24) is 0 Å². The molecule has 0 aromatic heterocycles. The third-order valence-corrected chi connectivity index (χ3v) is 2.45. The van der Waals surface area contributed by atoms with Gasteiger partial charge in [-0.1, -0.05) is 29.9 Å². The molecule has 0 atom stereocenters. The van der Waals surface area contributed by atoms with Crippen LogP contribution in [0.4, 0.5) is 13.2 Å². The molecule has 0 aromatic carbocycles. The molecule has 4 heteroatoms. The Morgan fingerprint density at radius 2 is 1.71 bits per heavy atom. The molecule has 0 radical (unpaired) electrons. The van der Waals surface area contributed by atoms with Crippen LogP contribution in [-0.4, -0.2) is 6.18 Å². The van der Waals surface area contributed by atoms with Crippen molar-refractivity contribution in [3.8, 4) is 6.07 Å². The van der Waals surface area contributed by atoms with Crippen LogP contribution >= 0.6 is 0 Å². The van der Waals surface area contributed by atoms with Crippen LogP contribution in [0.1, 0.15) is 27.7 Å². The van der Waals surface area contributed by atoms with Gasteiger partial charge < -0.3 is 0 Å². The van der Waals surface area contributed by atoms with E-state index in [4.69, 9.17) is 5.26 Å². The van der Waals surface area contributed by atoms with Gasteiger partial charge in [-0.3, -0.25) is 0 Å². The molecular formula is C13H16F3N. The number of alkyl halides is 3. The van der Waals surface area contributed by atoms with E-state index in [1.165, 1.54) is 19.1 Å². The van der Waals surface area contributed by atoms with Crippen molar-refractivity contribution < 1.29 is 13.2 Å². The van der Waals surface area contributed by atoms with Crippen LogP contribution in [0.25, 0.3) is 0 Å². The Bertz CT molecular complexity index is 390. The first kappa shape index (κ1) is 15.5. The van der Waals surface area contributed by atoms with Crippen LogP contribution in [-0.2, 0) is 0 Å². The van der Waals surface area contributed by atoms with Gasteiger partial charge in [0.15, 0.2) is 0 Å². The molecule has 94 valence electrons. The van der Waals surface area contributed by atoms with E-state index in [1.54, 1.807) is 20.8 Å². The number of nitriles is 1. The fraction of sp³-hybridized carbons (Fsp3) is 0.462. The van der Waals surface area contributed by atoms with E-state index in [0.717, 1.165) is 12.2 Å². The summed E-state index contributed by atoms with van der Waals surface area (Å²) >= 11 is 0. The summed E-state index contributed by atoms with van der Waals surface area (Å²) in [4.78, 5) is 0. The second-order valence-corrected chi connectivity index (χ2v) is 4.21. The average Bonchev–Trinajstić information content (AvgIpc) is 2.21. The first-order valence-electron chi connectivity index (χ1n) is 5.15. The van der Waals surface area contributed by atoms with Crippen LogP contribution in [0.3, 0.4) is 0 Å². The molecule has 0 saturated heterocycles. The largest absolute Gasteiger partial charge is 0.416 e. The summed E-state index contributed by atoms with van der Waals surface area (Å²) in [7, 11) is 0. The number of hydrogen-bond acceptors (Lipinski definition) is 1. The van der Waals surface area contributed by atoms with Crippen LogP contribution in [0.2, 0.25) is 0 Å². The molecule has 1 nitrogen and oxygen atoms in total. The minimum atomic E-state index is -4.37. The lowest BCUT2D eigenvalue weighted by Crippen LogP contribution is -2.11. The highest BCUT2D eigenvalue weighted by Crippen LogP contribution is 2.29. The monoisotopic (exact) mass is 243 g/mol. The van der Waals surface area contributed by atoms with Crippen LogP contribution in [0, 0.1) is 16.7 Å².